The summed E-state index contributed by atoms with van der Waals surface area (Å²) >= 11 is 0. The van der Waals surface area contributed by atoms with Gasteiger partial charge in [-0.15, -0.1) is 0 Å². The minimum absolute atomic E-state index is 0.0404. The van der Waals surface area contributed by atoms with E-state index in [0.29, 0.717) is 32.7 Å². The number of aryl methyl sites for hydroxylation is 3. The normalized spacial score (nSPS) is 19.7. The Labute approximate surface area is 113 Å². The molecule has 0 bridgehead atoms. The summed E-state index contributed by atoms with van der Waals surface area (Å²) in [6, 6.07) is 2.00. The number of hydrogen-bond acceptors (Lipinski definition) is 4. The zero-order valence-electron chi connectivity index (χ0n) is 11.5. The first kappa shape index (κ1) is 14.0. The second-order valence-corrected chi connectivity index (χ2v) is 4.92. The quantitative estimate of drug-likeness (QED) is 0.841. The van der Waals surface area contributed by atoms with Crippen LogP contribution in [0.2, 0.25) is 0 Å². The Morgan fingerprint density at radius 2 is 2.37 bits per heavy atom. The van der Waals surface area contributed by atoms with E-state index in [2.05, 4.69) is 5.10 Å². The van der Waals surface area contributed by atoms with Crippen molar-refractivity contribution in [2.45, 2.75) is 32.9 Å². The van der Waals surface area contributed by atoms with E-state index in [1.54, 1.807) is 4.90 Å². The molecule has 2 heterocycles. The zero-order valence-corrected chi connectivity index (χ0v) is 11.5. The van der Waals surface area contributed by atoms with Gasteiger partial charge in [0, 0.05) is 31.7 Å². The molecule has 2 rings (SSSR count). The summed E-state index contributed by atoms with van der Waals surface area (Å²) in [6.07, 6.45) is 0.187. The van der Waals surface area contributed by atoms with Crippen LogP contribution < -0.4 is 0 Å². The lowest BCUT2D eigenvalue weighted by Gasteiger charge is -2.32. The van der Waals surface area contributed by atoms with Gasteiger partial charge in [0.15, 0.2) is 0 Å². The number of ether oxygens (including phenoxy) is 1. The molecule has 1 atom stereocenters. The van der Waals surface area contributed by atoms with Crippen LogP contribution in [0.4, 0.5) is 0 Å². The maximum atomic E-state index is 12.1. The second kappa shape index (κ2) is 6.16. The Morgan fingerprint density at radius 3 is 3.00 bits per heavy atom. The summed E-state index contributed by atoms with van der Waals surface area (Å²) in [6.45, 7) is 6.07. The van der Waals surface area contributed by atoms with Crippen molar-refractivity contribution in [1.82, 2.24) is 14.7 Å². The highest BCUT2D eigenvalue weighted by atomic mass is 16.5. The fourth-order valence-electron chi connectivity index (χ4n) is 2.32. The van der Waals surface area contributed by atoms with Gasteiger partial charge in [-0.2, -0.15) is 5.10 Å². The number of carbonyl (C=O) groups is 1. The van der Waals surface area contributed by atoms with Crippen LogP contribution in [0.1, 0.15) is 17.8 Å². The van der Waals surface area contributed by atoms with Crippen LogP contribution in [0.25, 0.3) is 0 Å². The third-order valence-corrected chi connectivity index (χ3v) is 3.34. The lowest BCUT2D eigenvalue weighted by molar-refractivity contribution is -0.140. The third kappa shape index (κ3) is 3.54. The molecule has 1 saturated heterocycles. The number of hydrogen-bond donors (Lipinski definition) is 1. The Bertz CT molecular complexity index is 444. The van der Waals surface area contributed by atoms with E-state index in [-0.39, 0.29) is 18.6 Å². The Hall–Kier alpha value is -1.40. The molecule has 0 aromatic carbocycles. The van der Waals surface area contributed by atoms with E-state index in [9.17, 15) is 4.79 Å². The van der Waals surface area contributed by atoms with Crippen LogP contribution in [0.5, 0.6) is 0 Å². The first-order valence-electron chi connectivity index (χ1n) is 6.61. The van der Waals surface area contributed by atoms with Crippen LogP contribution in [0, 0.1) is 13.8 Å². The molecular formula is C13H21N3O3. The number of amides is 1. The summed E-state index contributed by atoms with van der Waals surface area (Å²) < 4.78 is 7.19. The van der Waals surface area contributed by atoms with E-state index < -0.39 is 0 Å². The molecule has 1 amide bonds. The van der Waals surface area contributed by atoms with Crippen molar-refractivity contribution < 1.29 is 14.6 Å². The predicted octanol–water partition coefficient (Wildman–Crippen LogP) is 0.110. The van der Waals surface area contributed by atoms with Crippen molar-refractivity contribution in [3.8, 4) is 0 Å². The molecule has 106 valence electrons. The Balaban J connectivity index is 1.85. The topological polar surface area (TPSA) is 67.6 Å². The summed E-state index contributed by atoms with van der Waals surface area (Å²) in [5, 5.41) is 13.4. The van der Waals surface area contributed by atoms with Crippen molar-refractivity contribution in [2.24, 2.45) is 0 Å². The highest BCUT2D eigenvalue weighted by Gasteiger charge is 2.23. The molecule has 0 spiro atoms. The SMILES string of the molecule is Cc1cc(C)n(CCC(=O)N2CCOC(CO)C2)n1. The maximum Gasteiger partial charge on any atom is 0.224 e. The van der Waals surface area contributed by atoms with Crippen LogP contribution in [-0.4, -0.2) is 58.1 Å². The molecule has 1 aromatic rings. The first-order valence-corrected chi connectivity index (χ1v) is 6.61. The van der Waals surface area contributed by atoms with Crippen LogP contribution >= 0.6 is 0 Å². The minimum Gasteiger partial charge on any atom is -0.394 e. The Kier molecular flexibility index (Phi) is 4.55. The fraction of sp³-hybridized carbons (Fsp3) is 0.692. The second-order valence-electron chi connectivity index (χ2n) is 4.92. The molecule has 19 heavy (non-hydrogen) atoms. The van der Waals surface area contributed by atoms with Gasteiger partial charge < -0.3 is 14.7 Å². The van der Waals surface area contributed by atoms with Gasteiger partial charge >= 0.3 is 0 Å². The van der Waals surface area contributed by atoms with Gasteiger partial charge in [0.25, 0.3) is 0 Å². The van der Waals surface area contributed by atoms with Crippen LogP contribution in [0.3, 0.4) is 0 Å². The standard InChI is InChI=1S/C13H21N3O3/c1-10-7-11(2)16(14-10)4-3-13(18)15-5-6-19-12(8-15)9-17/h7,12,17H,3-6,8-9H2,1-2H3. The lowest BCUT2D eigenvalue weighted by atomic mass is 10.2. The molecule has 1 unspecified atom stereocenters. The van der Waals surface area contributed by atoms with E-state index in [1.165, 1.54) is 0 Å². The zero-order chi connectivity index (χ0) is 13.8. The van der Waals surface area contributed by atoms with Gasteiger partial charge in [0.1, 0.15) is 0 Å². The molecule has 6 heteroatoms. The predicted molar refractivity (Wildman–Crippen MR) is 69.7 cm³/mol. The average molecular weight is 267 g/mol. The molecule has 1 aliphatic heterocycles. The lowest BCUT2D eigenvalue weighted by Crippen LogP contribution is -2.47. The van der Waals surface area contributed by atoms with Crippen molar-refractivity contribution in [2.75, 3.05) is 26.3 Å². The number of carbonyl (C=O) groups excluding carboxylic acids is 1. The molecule has 6 nitrogen and oxygen atoms in total. The van der Waals surface area contributed by atoms with Crippen molar-refractivity contribution in [3.63, 3.8) is 0 Å². The molecule has 1 N–H and O–H groups in total. The fourth-order valence-corrected chi connectivity index (χ4v) is 2.32. The first-order chi connectivity index (χ1) is 9.10. The van der Waals surface area contributed by atoms with E-state index in [4.69, 9.17) is 9.84 Å². The summed E-state index contributed by atoms with van der Waals surface area (Å²) in [7, 11) is 0. The highest BCUT2D eigenvalue weighted by molar-refractivity contribution is 5.76. The number of aliphatic hydroxyl groups excluding tert-OH is 1. The van der Waals surface area contributed by atoms with E-state index in [1.807, 2.05) is 24.6 Å². The molecule has 1 aliphatic rings. The van der Waals surface area contributed by atoms with E-state index in [0.717, 1.165) is 11.4 Å². The molecule has 0 saturated carbocycles. The van der Waals surface area contributed by atoms with Gasteiger partial charge in [-0.25, -0.2) is 0 Å². The van der Waals surface area contributed by atoms with Gasteiger partial charge in [-0.05, 0) is 19.9 Å². The molecule has 1 fully saturated rings. The largest absolute Gasteiger partial charge is 0.394 e. The van der Waals surface area contributed by atoms with E-state index >= 15 is 0 Å². The van der Waals surface area contributed by atoms with Crippen molar-refractivity contribution in [3.05, 3.63) is 17.5 Å². The maximum absolute atomic E-state index is 12.1. The summed E-state index contributed by atoms with van der Waals surface area (Å²) in [5.74, 6) is 0.0919. The molecule has 0 radical (unpaired) electrons. The number of rotatable bonds is 4. The van der Waals surface area contributed by atoms with Crippen LogP contribution in [-0.2, 0) is 16.1 Å². The summed E-state index contributed by atoms with van der Waals surface area (Å²) in [5.41, 5.74) is 2.04. The van der Waals surface area contributed by atoms with Gasteiger partial charge in [0.2, 0.25) is 5.91 Å². The van der Waals surface area contributed by atoms with Gasteiger partial charge in [-0.1, -0.05) is 0 Å². The van der Waals surface area contributed by atoms with Crippen molar-refractivity contribution in [1.29, 1.82) is 0 Å². The smallest absolute Gasteiger partial charge is 0.224 e. The number of aliphatic hydroxyl groups is 1. The molecule has 1 aromatic heterocycles. The minimum atomic E-state index is -0.244. The number of nitrogens with zero attached hydrogens (tertiary/aromatic N) is 3. The number of aromatic nitrogens is 2. The monoisotopic (exact) mass is 267 g/mol. The Morgan fingerprint density at radius 1 is 1.58 bits per heavy atom. The molecule has 0 aliphatic carbocycles. The summed E-state index contributed by atoms with van der Waals surface area (Å²) in [4.78, 5) is 13.9. The molecular weight excluding hydrogens is 246 g/mol. The van der Waals surface area contributed by atoms with Gasteiger partial charge in [0.05, 0.1) is 25.0 Å². The third-order valence-electron chi connectivity index (χ3n) is 3.34. The van der Waals surface area contributed by atoms with Gasteiger partial charge in [-0.3, -0.25) is 9.48 Å². The number of morpholine rings is 1. The average Bonchev–Trinajstić information content (AvgIpc) is 2.74. The van der Waals surface area contributed by atoms with Crippen LogP contribution in [0.15, 0.2) is 6.07 Å². The highest BCUT2D eigenvalue weighted by Crippen LogP contribution is 2.08. The van der Waals surface area contributed by atoms with Crippen molar-refractivity contribution >= 4 is 5.91 Å².